The molecule has 0 aliphatic heterocycles. The van der Waals surface area contributed by atoms with Crippen LogP contribution in [0.3, 0.4) is 0 Å². The van der Waals surface area contributed by atoms with E-state index in [2.05, 4.69) is 4.98 Å². The second kappa shape index (κ2) is 5.96. The van der Waals surface area contributed by atoms with Crippen LogP contribution in [0, 0.1) is 5.92 Å². The summed E-state index contributed by atoms with van der Waals surface area (Å²) in [4.78, 5) is 29.3. The zero-order chi connectivity index (χ0) is 16.6. The largest absolute Gasteiger partial charge is 0.478 e. The monoisotopic (exact) mass is 328 g/mol. The minimum absolute atomic E-state index is 0.0274. The van der Waals surface area contributed by atoms with Crippen molar-refractivity contribution in [2.45, 2.75) is 20.4 Å². The van der Waals surface area contributed by atoms with Gasteiger partial charge in [0.25, 0.3) is 5.56 Å². The molecule has 0 aliphatic rings. The standard InChI is InChI=1S/C17H16N2O3S/c1-10(2)8-19-14(11-6-4-3-5-7-11)18-15-13(16(19)20)12(9-23-15)17(21)22/h3-7,9-10H,8H2,1-2H3,(H,21,22). The highest BCUT2D eigenvalue weighted by Crippen LogP contribution is 2.25. The van der Waals surface area contributed by atoms with Crippen molar-refractivity contribution in [1.82, 2.24) is 9.55 Å². The predicted molar refractivity (Wildman–Crippen MR) is 91.1 cm³/mol. The number of thiophene rings is 1. The Kier molecular flexibility index (Phi) is 4.00. The van der Waals surface area contributed by atoms with E-state index in [4.69, 9.17) is 0 Å². The molecule has 0 unspecified atom stereocenters. The molecule has 1 N–H and O–H groups in total. The first-order valence-electron chi connectivity index (χ1n) is 7.29. The van der Waals surface area contributed by atoms with Crippen LogP contribution in [0.2, 0.25) is 0 Å². The highest BCUT2D eigenvalue weighted by atomic mass is 32.1. The van der Waals surface area contributed by atoms with Gasteiger partial charge in [0.15, 0.2) is 0 Å². The smallest absolute Gasteiger partial charge is 0.337 e. The first-order valence-corrected chi connectivity index (χ1v) is 8.17. The van der Waals surface area contributed by atoms with E-state index < -0.39 is 5.97 Å². The summed E-state index contributed by atoms with van der Waals surface area (Å²) in [6.45, 7) is 4.51. The molecule has 0 saturated carbocycles. The molecule has 3 rings (SSSR count). The summed E-state index contributed by atoms with van der Waals surface area (Å²) in [5.41, 5.74) is 0.582. The number of benzene rings is 1. The first kappa shape index (κ1) is 15.4. The molecule has 0 radical (unpaired) electrons. The van der Waals surface area contributed by atoms with Crippen LogP contribution >= 0.6 is 11.3 Å². The van der Waals surface area contributed by atoms with Gasteiger partial charge in [0.2, 0.25) is 0 Å². The van der Waals surface area contributed by atoms with E-state index in [1.54, 1.807) is 4.57 Å². The molecule has 6 heteroatoms. The zero-order valence-electron chi connectivity index (χ0n) is 12.8. The number of fused-ring (bicyclic) bond motifs is 1. The van der Waals surface area contributed by atoms with Crippen molar-refractivity contribution in [2.75, 3.05) is 0 Å². The Bertz CT molecular complexity index is 926. The third-order valence-corrected chi connectivity index (χ3v) is 4.38. The maximum absolute atomic E-state index is 12.9. The molecule has 0 atom stereocenters. The van der Waals surface area contributed by atoms with Gasteiger partial charge in [-0.05, 0) is 5.92 Å². The molecule has 0 fully saturated rings. The highest BCUT2D eigenvalue weighted by Gasteiger charge is 2.20. The van der Waals surface area contributed by atoms with Gasteiger partial charge in [-0.15, -0.1) is 11.3 Å². The Hall–Kier alpha value is -2.47. The number of carbonyl (C=O) groups is 1. The Labute approximate surface area is 136 Å². The number of hydrogen-bond acceptors (Lipinski definition) is 4. The molecule has 23 heavy (non-hydrogen) atoms. The summed E-state index contributed by atoms with van der Waals surface area (Å²) in [5, 5.41) is 11.0. The third kappa shape index (κ3) is 2.77. The minimum atomic E-state index is -1.10. The van der Waals surface area contributed by atoms with E-state index >= 15 is 0 Å². The Balaban J connectivity index is 2.36. The van der Waals surface area contributed by atoms with Crippen LogP contribution in [0.5, 0.6) is 0 Å². The number of hydrogen-bond donors (Lipinski definition) is 1. The molecule has 2 aromatic heterocycles. The summed E-state index contributed by atoms with van der Waals surface area (Å²) >= 11 is 1.19. The molecule has 118 valence electrons. The predicted octanol–water partition coefficient (Wildman–Crippen LogP) is 3.48. The van der Waals surface area contributed by atoms with Gasteiger partial charge in [0.1, 0.15) is 10.7 Å². The van der Waals surface area contributed by atoms with Crippen LogP contribution in [-0.2, 0) is 6.54 Å². The van der Waals surface area contributed by atoms with Gasteiger partial charge < -0.3 is 5.11 Å². The molecular weight excluding hydrogens is 312 g/mol. The van der Waals surface area contributed by atoms with Crippen LogP contribution in [0.15, 0.2) is 40.5 Å². The number of carboxylic acids is 1. The molecule has 1 aromatic carbocycles. The molecule has 0 aliphatic carbocycles. The maximum Gasteiger partial charge on any atom is 0.337 e. The fourth-order valence-corrected chi connectivity index (χ4v) is 3.43. The lowest BCUT2D eigenvalue weighted by Crippen LogP contribution is -2.26. The highest BCUT2D eigenvalue weighted by molar-refractivity contribution is 7.17. The topological polar surface area (TPSA) is 72.2 Å². The average Bonchev–Trinajstić information content (AvgIpc) is 2.95. The fraction of sp³-hybridized carbons (Fsp3) is 0.235. The van der Waals surface area contributed by atoms with Crippen molar-refractivity contribution in [3.8, 4) is 11.4 Å². The SMILES string of the molecule is CC(C)Cn1c(-c2ccccc2)nc2scc(C(=O)O)c2c1=O. The van der Waals surface area contributed by atoms with Crippen LogP contribution in [0.1, 0.15) is 24.2 Å². The first-order chi connectivity index (χ1) is 11.0. The Morgan fingerprint density at radius 2 is 2.00 bits per heavy atom. The number of aromatic nitrogens is 2. The number of aromatic carboxylic acids is 1. The number of carboxylic acid groups (broad SMARTS) is 1. The maximum atomic E-state index is 12.9. The van der Waals surface area contributed by atoms with Crippen molar-refractivity contribution < 1.29 is 9.90 Å². The number of rotatable bonds is 4. The van der Waals surface area contributed by atoms with E-state index in [1.165, 1.54) is 16.7 Å². The van der Waals surface area contributed by atoms with Crippen molar-refractivity contribution >= 4 is 27.5 Å². The molecular formula is C17H16N2O3S. The number of nitrogens with zero attached hydrogens (tertiary/aromatic N) is 2. The average molecular weight is 328 g/mol. The molecule has 0 amide bonds. The lowest BCUT2D eigenvalue weighted by Gasteiger charge is -2.14. The second-order valence-corrected chi connectivity index (χ2v) is 6.60. The zero-order valence-corrected chi connectivity index (χ0v) is 13.6. The van der Waals surface area contributed by atoms with Gasteiger partial charge in [-0.25, -0.2) is 9.78 Å². The van der Waals surface area contributed by atoms with E-state index in [0.717, 1.165) is 5.56 Å². The molecule has 0 spiro atoms. The van der Waals surface area contributed by atoms with E-state index in [-0.39, 0.29) is 22.4 Å². The van der Waals surface area contributed by atoms with Crippen molar-refractivity contribution in [2.24, 2.45) is 5.92 Å². The summed E-state index contributed by atoms with van der Waals surface area (Å²) in [6.07, 6.45) is 0. The van der Waals surface area contributed by atoms with Crippen LogP contribution < -0.4 is 5.56 Å². The van der Waals surface area contributed by atoms with E-state index in [0.29, 0.717) is 17.2 Å². The summed E-state index contributed by atoms with van der Waals surface area (Å²) < 4.78 is 1.58. The van der Waals surface area contributed by atoms with Gasteiger partial charge in [-0.1, -0.05) is 44.2 Å². The van der Waals surface area contributed by atoms with E-state index in [1.807, 2.05) is 44.2 Å². The van der Waals surface area contributed by atoms with E-state index in [9.17, 15) is 14.7 Å². The van der Waals surface area contributed by atoms with Crippen LogP contribution in [0.25, 0.3) is 21.6 Å². The fourth-order valence-electron chi connectivity index (χ4n) is 2.52. The lowest BCUT2D eigenvalue weighted by molar-refractivity contribution is 0.0699. The molecule has 2 heterocycles. The summed E-state index contributed by atoms with van der Waals surface area (Å²) in [7, 11) is 0. The van der Waals surface area contributed by atoms with Gasteiger partial charge in [-0.3, -0.25) is 9.36 Å². The van der Waals surface area contributed by atoms with Crippen molar-refractivity contribution in [3.63, 3.8) is 0 Å². The summed E-state index contributed by atoms with van der Waals surface area (Å²) in [5.74, 6) is -0.282. The molecule has 0 bridgehead atoms. The Morgan fingerprint density at radius 3 is 2.61 bits per heavy atom. The van der Waals surface area contributed by atoms with Crippen molar-refractivity contribution in [3.05, 3.63) is 51.6 Å². The van der Waals surface area contributed by atoms with Gasteiger partial charge in [-0.2, -0.15) is 0 Å². The third-order valence-electron chi connectivity index (χ3n) is 3.50. The van der Waals surface area contributed by atoms with Gasteiger partial charge in [0.05, 0.1) is 10.9 Å². The minimum Gasteiger partial charge on any atom is -0.478 e. The van der Waals surface area contributed by atoms with Gasteiger partial charge in [0, 0.05) is 17.5 Å². The van der Waals surface area contributed by atoms with Gasteiger partial charge >= 0.3 is 5.97 Å². The second-order valence-electron chi connectivity index (χ2n) is 5.75. The van der Waals surface area contributed by atoms with Crippen molar-refractivity contribution in [1.29, 1.82) is 0 Å². The quantitative estimate of drug-likeness (QED) is 0.796. The normalized spacial score (nSPS) is 11.3. The molecule has 5 nitrogen and oxygen atoms in total. The summed E-state index contributed by atoms with van der Waals surface area (Å²) in [6, 6.07) is 9.48. The Morgan fingerprint density at radius 1 is 1.30 bits per heavy atom. The molecule has 3 aromatic rings. The molecule has 0 saturated heterocycles. The lowest BCUT2D eigenvalue weighted by atomic mass is 10.1. The van der Waals surface area contributed by atoms with Crippen LogP contribution in [0.4, 0.5) is 0 Å². The van der Waals surface area contributed by atoms with Crippen LogP contribution in [-0.4, -0.2) is 20.6 Å².